The fourth-order valence-corrected chi connectivity index (χ4v) is 2.59. The van der Waals surface area contributed by atoms with Gasteiger partial charge in [0.05, 0.1) is 11.5 Å². The Morgan fingerprint density at radius 2 is 2.00 bits per heavy atom. The molecule has 0 aromatic heterocycles. The summed E-state index contributed by atoms with van der Waals surface area (Å²) in [7, 11) is 0. The largest absolute Gasteiger partial charge is 0.445 e. The van der Waals surface area contributed by atoms with E-state index >= 15 is 0 Å². The fraction of sp³-hybridized carbons (Fsp3) is 0.533. The molecular formula is C15H21N3O5. The Morgan fingerprint density at radius 1 is 1.35 bits per heavy atom. The van der Waals surface area contributed by atoms with E-state index in [0.29, 0.717) is 5.56 Å². The summed E-state index contributed by atoms with van der Waals surface area (Å²) >= 11 is 0. The average molecular weight is 323 g/mol. The maximum Gasteiger partial charge on any atom is 0.410 e. The Labute approximate surface area is 134 Å². The summed E-state index contributed by atoms with van der Waals surface area (Å²) in [4.78, 5) is 23.9. The van der Waals surface area contributed by atoms with Crippen molar-refractivity contribution in [1.29, 1.82) is 0 Å². The van der Waals surface area contributed by atoms with E-state index in [1.807, 2.05) is 0 Å². The van der Waals surface area contributed by atoms with E-state index in [0.717, 1.165) is 25.9 Å². The number of hydrogen-bond donors (Lipinski definition) is 2. The fourth-order valence-electron chi connectivity index (χ4n) is 2.59. The van der Waals surface area contributed by atoms with Gasteiger partial charge < -0.3 is 20.1 Å². The second-order valence-corrected chi connectivity index (χ2v) is 5.38. The van der Waals surface area contributed by atoms with Crippen molar-refractivity contribution in [2.75, 3.05) is 26.2 Å². The molecule has 1 aliphatic heterocycles. The lowest BCUT2D eigenvalue weighted by atomic mass is 10.1. The maximum absolute atomic E-state index is 12.2. The number of amides is 1. The molecule has 0 unspecified atom stereocenters. The van der Waals surface area contributed by atoms with Crippen LogP contribution in [-0.4, -0.2) is 53.3 Å². The molecule has 0 atom stereocenters. The lowest BCUT2D eigenvalue weighted by Crippen LogP contribution is -2.47. The highest BCUT2D eigenvalue weighted by Gasteiger charge is 2.26. The summed E-state index contributed by atoms with van der Waals surface area (Å²) in [6.45, 7) is 1.84. The van der Waals surface area contributed by atoms with E-state index in [-0.39, 0.29) is 31.5 Å². The number of carbonyl (C=O) groups excluding carboxylic acids is 1. The van der Waals surface area contributed by atoms with Gasteiger partial charge in [0, 0.05) is 24.7 Å². The molecule has 1 aromatic rings. The predicted octanol–water partition coefficient (Wildman–Crippen LogP) is 1.28. The van der Waals surface area contributed by atoms with Crippen LogP contribution in [0.4, 0.5) is 10.5 Å². The molecule has 2 rings (SSSR count). The normalized spacial score (nSPS) is 15.2. The number of rotatable bonds is 6. The summed E-state index contributed by atoms with van der Waals surface area (Å²) < 4.78 is 5.28. The molecule has 23 heavy (non-hydrogen) atoms. The first-order chi connectivity index (χ1) is 11.1. The van der Waals surface area contributed by atoms with Crippen molar-refractivity contribution in [3.05, 3.63) is 39.9 Å². The number of hydrogen-bond acceptors (Lipinski definition) is 6. The van der Waals surface area contributed by atoms with Gasteiger partial charge in [0.15, 0.2) is 0 Å². The molecule has 2 N–H and O–H groups in total. The number of nitro groups is 1. The third-order valence-corrected chi connectivity index (χ3v) is 3.83. The number of aliphatic hydroxyl groups is 1. The smallest absolute Gasteiger partial charge is 0.410 e. The van der Waals surface area contributed by atoms with E-state index < -0.39 is 11.0 Å². The van der Waals surface area contributed by atoms with Gasteiger partial charge in [0.1, 0.15) is 6.61 Å². The van der Waals surface area contributed by atoms with Crippen LogP contribution in [0.15, 0.2) is 24.3 Å². The van der Waals surface area contributed by atoms with E-state index in [1.54, 1.807) is 17.0 Å². The van der Waals surface area contributed by atoms with Gasteiger partial charge in [-0.25, -0.2) is 4.79 Å². The second-order valence-electron chi connectivity index (χ2n) is 5.38. The van der Waals surface area contributed by atoms with Crippen LogP contribution in [-0.2, 0) is 11.3 Å². The van der Waals surface area contributed by atoms with Crippen LogP contribution in [0, 0.1) is 10.1 Å². The van der Waals surface area contributed by atoms with Crippen LogP contribution in [0.1, 0.15) is 18.4 Å². The highest BCUT2D eigenvalue weighted by atomic mass is 16.6. The maximum atomic E-state index is 12.2. The molecule has 1 aromatic carbocycles. The predicted molar refractivity (Wildman–Crippen MR) is 83.0 cm³/mol. The molecule has 1 heterocycles. The summed E-state index contributed by atoms with van der Waals surface area (Å²) in [6, 6.07) is 5.94. The Hall–Kier alpha value is -2.19. The van der Waals surface area contributed by atoms with E-state index in [2.05, 4.69) is 5.32 Å². The molecule has 126 valence electrons. The second kappa shape index (κ2) is 8.44. The number of nitrogens with one attached hydrogen (secondary N) is 1. The van der Waals surface area contributed by atoms with Crippen molar-refractivity contribution in [2.45, 2.75) is 25.5 Å². The zero-order valence-corrected chi connectivity index (χ0v) is 12.8. The average Bonchev–Trinajstić information content (AvgIpc) is 2.58. The number of non-ortho nitro benzene ring substituents is 1. The first kappa shape index (κ1) is 17.2. The first-order valence-electron chi connectivity index (χ1n) is 7.60. The summed E-state index contributed by atoms with van der Waals surface area (Å²) in [6.07, 6.45) is 1.18. The molecule has 8 nitrogen and oxygen atoms in total. The molecule has 1 saturated heterocycles. The van der Waals surface area contributed by atoms with Crippen LogP contribution in [0.5, 0.6) is 0 Å². The number of nitrogens with zero attached hydrogens (tertiary/aromatic N) is 2. The van der Waals surface area contributed by atoms with Crippen LogP contribution in [0.25, 0.3) is 0 Å². The monoisotopic (exact) mass is 323 g/mol. The molecule has 8 heteroatoms. The molecule has 0 radical (unpaired) electrons. The molecule has 1 aliphatic rings. The number of benzene rings is 1. The van der Waals surface area contributed by atoms with Gasteiger partial charge in [0.2, 0.25) is 0 Å². The quantitative estimate of drug-likeness (QED) is 0.603. The van der Waals surface area contributed by atoms with E-state index in [4.69, 9.17) is 9.84 Å². The zero-order chi connectivity index (χ0) is 16.7. The lowest BCUT2D eigenvalue weighted by Gasteiger charge is -2.33. The van der Waals surface area contributed by atoms with Crippen molar-refractivity contribution in [1.82, 2.24) is 10.2 Å². The van der Waals surface area contributed by atoms with Crippen molar-refractivity contribution >= 4 is 11.8 Å². The van der Waals surface area contributed by atoms with Crippen LogP contribution in [0.2, 0.25) is 0 Å². The third kappa shape index (κ3) is 4.90. The van der Waals surface area contributed by atoms with Crippen molar-refractivity contribution in [3.8, 4) is 0 Å². The number of aliphatic hydroxyl groups excluding tert-OH is 1. The van der Waals surface area contributed by atoms with Crippen LogP contribution >= 0.6 is 0 Å². The molecule has 0 bridgehead atoms. The van der Waals surface area contributed by atoms with Crippen molar-refractivity contribution in [2.24, 2.45) is 0 Å². The molecule has 0 spiro atoms. The van der Waals surface area contributed by atoms with Gasteiger partial charge >= 0.3 is 6.09 Å². The first-order valence-corrected chi connectivity index (χ1v) is 7.60. The van der Waals surface area contributed by atoms with Crippen LogP contribution < -0.4 is 5.32 Å². The highest BCUT2D eigenvalue weighted by molar-refractivity contribution is 5.68. The van der Waals surface area contributed by atoms with Gasteiger partial charge in [-0.3, -0.25) is 10.1 Å². The van der Waals surface area contributed by atoms with Crippen molar-refractivity contribution in [3.63, 3.8) is 0 Å². The number of carbonyl (C=O) groups is 1. The van der Waals surface area contributed by atoms with E-state index in [1.165, 1.54) is 12.1 Å². The zero-order valence-electron chi connectivity index (χ0n) is 12.8. The van der Waals surface area contributed by atoms with Gasteiger partial charge in [-0.1, -0.05) is 0 Å². The van der Waals surface area contributed by atoms with Gasteiger partial charge in [-0.05, 0) is 43.6 Å². The standard InChI is InChI=1S/C15H21N3O5/c19-10-9-17(13-5-7-16-8-6-13)15(20)23-11-12-1-3-14(4-2-12)18(21)22/h1-4,13,16,19H,5-11H2. The minimum Gasteiger partial charge on any atom is -0.445 e. The number of nitro benzene ring substituents is 1. The van der Waals surface area contributed by atoms with Crippen LogP contribution in [0.3, 0.4) is 0 Å². The summed E-state index contributed by atoms with van der Waals surface area (Å²) in [5.74, 6) is 0. The molecule has 0 aliphatic carbocycles. The SMILES string of the molecule is O=C(OCc1ccc([N+](=O)[O-])cc1)N(CCO)C1CCNCC1. The Kier molecular flexibility index (Phi) is 6.30. The minimum absolute atomic E-state index is 0.00307. The topological polar surface area (TPSA) is 105 Å². The Bertz CT molecular complexity index is 528. The molecule has 0 saturated carbocycles. The van der Waals surface area contributed by atoms with Crippen molar-refractivity contribution < 1.29 is 19.6 Å². The molecular weight excluding hydrogens is 302 g/mol. The van der Waals surface area contributed by atoms with Gasteiger partial charge in [0.25, 0.3) is 5.69 Å². The minimum atomic E-state index is -0.476. The summed E-state index contributed by atoms with van der Waals surface area (Å²) in [5.41, 5.74) is 0.676. The third-order valence-electron chi connectivity index (χ3n) is 3.83. The highest BCUT2D eigenvalue weighted by Crippen LogP contribution is 2.15. The Morgan fingerprint density at radius 3 is 2.57 bits per heavy atom. The number of ether oxygens (including phenoxy) is 1. The lowest BCUT2D eigenvalue weighted by molar-refractivity contribution is -0.384. The molecule has 1 amide bonds. The molecule has 1 fully saturated rings. The number of piperidine rings is 1. The summed E-state index contributed by atoms with van der Waals surface area (Å²) in [5, 5.41) is 23.0. The van der Waals surface area contributed by atoms with Gasteiger partial charge in [-0.2, -0.15) is 0 Å². The van der Waals surface area contributed by atoms with E-state index in [9.17, 15) is 14.9 Å². The Balaban J connectivity index is 1.91. The van der Waals surface area contributed by atoms with Gasteiger partial charge in [-0.15, -0.1) is 0 Å².